The molecule has 0 aromatic heterocycles. The summed E-state index contributed by atoms with van der Waals surface area (Å²) >= 11 is 0. The van der Waals surface area contributed by atoms with E-state index >= 15 is 0 Å². The lowest BCUT2D eigenvalue weighted by Gasteiger charge is -2.30. The van der Waals surface area contributed by atoms with Crippen LogP contribution in [0.3, 0.4) is 0 Å². The number of hydrogen-bond donors (Lipinski definition) is 2. The highest BCUT2D eigenvalue weighted by molar-refractivity contribution is 5.89. The van der Waals surface area contributed by atoms with Gasteiger partial charge in [-0.2, -0.15) is 0 Å². The van der Waals surface area contributed by atoms with Gasteiger partial charge in [0.05, 0.1) is 6.54 Å². The van der Waals surface area contributed by atoms with E-state index in [0.717, 1.165) is 0 Å². The summed E-state index contributed by atoms with van der Waals surface area (Å²) in [6.45, 7) is 1.08. The van der Waals surface area contributed by atoms with Gasteiger partial charge in [0.15, 0.2) is 5.78 Å². The first-order chi connectivity index (χ1) is 11.0. The lowest BCUT2D eigenvalue weighted by molar-refractivity contribution is -0.252. The van der Waals surface area contributed by atoms with E-state index in [0.29, 0.717) is 5.69 Å². The highest BCUT2D eigenvalue weighted by Crippen LogP contribution is 2.18. The number of esters is 1. The van der Waals surface area contributed by atoms with Crippen molar-refractivity contribution < 1.29 is 28.6 Å². The number of amides is 2. The number of anilines is 1. The van der Waals surface area contributed by atoms with Crippen molar-refractivity contribution in [3.05, 3.63) is 30.3 Å². The minimum Gasteiger partial charge on any atom is -0.460 e. The average Bonchev–Trinajstić information content (AvgIpc) is 2.55. The average molecular weight is 322 g/mol. The van der Waals surface area contributed by atoms with Gasteiger partial charge in [0.25, 0.3) is 5.79 Å². The molecule has 124 valence electrons. The normalized spacial score (nSPS) is 16.5. The van der Waals surface area contributed by atoms with Gasteiger partial charge in [0.2, 0.25) is 0 Å². The molecular formula is C15H18N2O6. The molecule has 2 N–H and O–H groups in total. The smallest absolute Gasteiger partial charge is 0.366 e. The zero-order valence-electron chi connectivity index (χ0n) is 12.7. The summed E-state index contributed by atoms with van der Waals surface area (Å²) in [4.78, 5) is 34.5. The van der Waals surface area contributed by atoms with Crippen LogP contribution in [0.1, 0.15) is 6.92 Å². The van der Waals surface area contributed by atoms with Gasteiger partial charge in [-0.25, -0.2) is 9.59 Å². The second-order valence-corrected chi connectivity index (χ2v) is 4.94. The van der Waals surface area contributed by atoms with Gasteiger partial charge in [0.1, 0.15) is 19.8 Å². The van der Waals surface area contributed by atoms with Crippen LogP contribution in [0.25, 0.3) is 0 Å². The van der Waals surface area contributed by atoms with Gasteiger partial charge < -0.3 is 24.8 Å². The van der Waals surface area contributed by atoms with Crippen LogP contribution in [0.4, 0.5) is 10.5 Å². The zero-order valence-corrected chi connectivity index (χ0v) is 12.7. The predicted molar refractivity (Wildman–Crippen MR) is 79.7 cm³/mol. The molecule has 8 nitrogen and oxygen atoms in total. The first kappa shape index (κ1) is 16.9. The third-order valence-corrected chi connectivity index (χ3v) is 3.04. The van der Waals surface area contributed by atoms with Gasteiger partial charge in [-0.05, 0) is 12.1 Å². The minimum atomic E-state index is -1.58. The van der Waals surface area contributed by atoms with Crippen molar-refractivity contribution in [2.75, 3.05) is 31.7 Å². The van der Waals surface area contributed by atoms with Gasteiger partial charge in [-0.3, -0.25) is 4.79 Å². The summed E-state index contributed by atoms with van der Waals surface area (Å²) in [5.41, 5.74) is 0.656. The fraction of sp³-hybridized carbons (Fsp3) is 0.400. The summed E-state index contributed by atoms with van der Waals surface area (Å²) < 4.78 is 15.1. The van der Waals surface area contributed by atoms with Crippen LogP contribution in [0.15, 0.2) is 30.3 Å². The molecule has 0 bridgehead atoms. The van der Waals surface area contributed by atoms with Crippen molar-refractivity contribution in [3.63, 3.8) is 0 Å². The van der Waals surface area contributed by atoms with Crippen LogP contribution in [-0.4, -0.2) is 49.9 Å². The Kier molecular flexibility index (Phi) is 5.67. The van der Waals surface area contributed by atoms with Crippen LogP contribution >= 0.6 is 0 Å². The van der Waals surface area contributed by atoms with Crippen molar-refractivity contribution in [2.45, 2.75) is 12.7 Å². The number of ether oxygens (including phenoxy) is 3. The van der Waals surface area contributed by atoms with E-state index in [1.165, 1.54) is 6.92 Å². The van der Waals surface area contributed by atoms with Crippen molar-refractivity contribution in [3.8, 4) is 0 Å². The number of Topliss-reactive ketones (excluding diaryl/α,β-unsaturated/α-hetero) is 1. The number of urea groups is 1. The largest absolute Gasteiger partial charge is 0.460 e. The minimum absolute atomic E-state index is 0.0443. The highest BCUT2D eigenvalue weighted by atomic mass is 16.7. The molecule has 1 aliphatic heterocycles. The maximum Gasteiger partial charge on any atom is 0.366 e. The first-order valence-electron chi connectivity index (χ1n) is 7.06. The number of carbonyl (C=O) groups excluding carboxylic acids is 3. The fourth-order valence-electron chi connectivity index (χ4n) is 1.77. The number of benzene rings is 1. The molecule has 2 rings (SSSR count). The summed E-state index contributed by atoms with van der Waals surface area (Å²) in [5.74, 6) is -2.56. The Morgan fingerprint density at radius 1 is 1.22 bits per heavy atom. The SMILES string of the molecule is CC1(C(=O)OCCNC(=O)Nc2ccccc2)OCC(=O)CO1. The molecular weight excluding hydrogens is 304 g/mol. The Bertz CT molecular complexity index is 565. The van der Waals surface area contributed by atoms with Crippen molar-refractivity contribution in [1.29, 1.82) is 0 Å². The van der Waals surface area contributed by atoms with E-state index in [2.05, 4.69) is 10.6 Å². The molecule has 1 aromatic rings. The lowest BCUT2D eigenvalue weighted by Crippen LogP contribution is -2.49. The number of ketones is 1. The Balaban J connectivity index is 1.66. The zero-order chi connectivity index (χ0) is 16.7. The highest BCUT2D eigenvalue weighted by Gasteiger charge is 2.41. The Morgan fingerprint density at radius 3 is 2.52 bits per heavy atom. The number of hydrogen-bond acceptors (Lipinski definition) is 6. The molecule has 1 heterocycles. The third kappa shape index (κ3) is 5.04. The topological polar surface area (TPSA) is 103 Å². The molecule has 1 aliphatic rings. The predicted octanol–water partition coefficient (Wildman–Crippen LogP) is 0.683. The summed E-state index contributed by atoms with van der Waals surface area (Å²) in [6, 6.07) is 8.53. The van der Waals surface area contributed by atoms with E-state index in [1.54, 1.807) is 24.3 Å². The monoisotopic (exact) mass is 322 g/mol. The van der Waals surface area contributed by atoms with Crippen LogP contribution < -0.4 is 10.6 Å². The van der Waals surface area contributed by atoms with E-state index in [9.17, 15) is 14.4 Å². The summed E-state index contributed by atoms with van der Waals surface area (Å²) in [6.07, 6.45) is 0. The van der Waals surface area contributed by atoms with E-state index < -0.39 is 17.8 Å². The van der Waals surface area contributed by atoms with Crippen molar-refractivity contribution in [1.82, 2.24) is 5.32 Å². The number of para-hydroxylation sites is 1. The summed E-state index contributed by atoms with van der Waals surface area (Å²) in [5, 5.41) is 5.17. The molecule has 1 fully saturated rings. The molecule has 1 saturated heterocycles. The van der Waals surface area contributed by atoms with E-state index in [1.807, 2.05) is 6.07 Å². The maximum atomic E-state index is 11.9. The molecule has 8 heteroatoms. The molecule has 0 spiro atoms. The molecule has 0 aliphatic carbocycles. The van der Waals surface area contributed by atoms with Crippen LogP contribution in [-0.2, 0) is 23.8 Å². The molecule has 0 saturated carbocycles. The number of nitrogens with one attached hydrogen (secondary N) is 2. The third-order valence-electron chi connectivity index (χ3n) is 3.04. The standard InChI is InChI=1S/C15H18N2O6/c1-15(22-9-12(18)10-23-15)13(19)21-8-7-16-14(20)17-11-5-3-2-4-6-11/h2-6H,7-10H2,1H3,(H2,16,17,20). The Morgan fingerprint density at radius 2 is 1.87 bits per heavy atom. The lowest BCUT2D eigenvalue weighted by atomic mass is 10.3. The quantitative estimate of drug-likeness (QED) is 0.610. The van der Waals surface area contributed by atoms with Crippen LogP contribution in [0, 0.1) is 0 Å². The molecule has 23 heavy (non-hydrogen) atoms. The Hall–Kier alpha value is -2.45. The molecule has 0 unspecified atom stereocenters. The van der Waals surface area contributed by atoms with Gasteiger partial charge in [-0.15, -0.1) is 0 Å². The first-order valence-corrected chi connectivity index (χ1v) is 7.06. The van der Waals surface area contributed by atoms with Gasteiger partial charge >= 0.3 is 12.0 Å². The van der Waals surface area contributed by atoms with Crippen molar-refractivity contribution >= 4 is 23.5 Å². The maximum absolute atomic E-state index is 11.9. The molecule has 2 amide bonds. The number of carbonyl (C=O) groups is 3. The molecule has 1 aromatic carbocycles. The second-order valence-electron chi connectivity index (χ2n) is 4.94. The van der Waals surface area contributed by atoms with Gasteiger partial charge in [-0.1, -0.05) is 18.2 Å². The van der Waals surface area contributed by atoms with Gasteiger partial charge in [0, 0.05) is 12.6 Å². The van der Waals surface area contributed by atoms with E-state index in [4.69, 9.17) is 14.2 Å². The summed E-state index contributed by atoms with van der Waals surface area (Å²) in [7, 11) is 0. The fourth-order valence-corrected chi connectivity index (χ4v) is 1.77. The molecule has 0 radical (unpaired) electrons. The van der Waals surface area contributed by atoms with Crippen LogP contribution in [0.5, 0.6) is 0 Å². The second kappa shape index (κ2) is 7.70. The van der Waals surface area contributed by atoms with E-state index in [-0.39, 0.29) is 32.1 Å². The van der Waals surface area contributed by atoms with Crippen LogP contribution in [0.2, 0.25) is 0 Å². The Labute approximate surface area is 133 Å². The molecule has 0 atom stereocenters. The van der Waals surface area contributed by atoms with Crippen molar-refractivity contribution in [2.24, 2.45) is 0 Å². The number of rotatable bonds is 5.